The van der Waals surface area contributed by atoms with E-state index < -0.39 is 37.3 Å². The third-order valence-electron chi connectivity index (χ3n) is 2.62. The number of hydrogen-bond acceptors (Lipinski definition) is 4. The zero-order chi connectivity index (χ0) is 15.5. The number of benzene rings is 1. The summed E-state index contributed by atoms with van der Waals surface area (Å²) in [5, 5.41) is 11.1. The van der Waals surface area contributed by atoms with E-state index in [4.69, 9.17) is 16.7 Å². The van der Waals surface area contributed by atoms with Gasteiger partial charge in [0.05, 0.1) is 15.5 Å². The molecule has 0 saturated heterocycles. The first-order chi connectivity index (χ1) is 9.21. The monoisotopic (exact) mass is 324 g/mol. The molecule has 6 nitrogen and oxygen atoms in total. The van der Waals surface area contributed by atoms with Crippen molar-refractivity contribution in [2.75, 3.05) is 27.2 Å². The van der Waals surface area contributed by atoms with Crippen LogP contribution in [-0.2, 0) is 10.0 Å². The van der Waals surface area contributed by atoms with Crippen LogP contribution in [0.15, 0.2) is 17.0 Å². The van der Waals surface area contributed by atoms with Crippen LogP contribution in [0.1, 0.15) is 10.4 Å². The normalized spacial score (nSPS) is 11.8. The van der Waals surface area contributed by atoms with Crippen molar-refractivity contribution in [2.45, 2.75) is 4.90 Å². The van der Waals surface area contributed by atoms with E-state index in [0.29, 0.717) is 12.6 Å². The van der Waals surface area contributed by atoms with Gasteiger partial charge in [-0.05, 0) is 19.2 Å². The van der Waals surface area contributed by atoms with Crippen molar-refractivity contribution in [3.63, 3.8) is 0 Å². The molecule has 0 aromatic heterocycles. The van der Waals surface area contributed by atoms with Crippen LogP contribution < -0.4 is 5.32 Å². The van der Waals surface area contributed by atoms with E-state index in [-0.39, 0.29) is 6.54 Å². The maximum absolute atomic E-state index is 13.6. The van der Waals surface area contributed by atoms with Crippen LogP contribution in [-0.4, -0.2) is 51.0 Å². The molecular weight excluding hydrogens is 311 g/mol. The van der Waals surface area contributed by atoms with Gasteiger partial charge in [0.1, 0.15) is 5.82 Å². The highest BCUT2D eigenvalue weighted by Crippen LogP contribution is 2.25. The lowest BCUT2D eigenvalue weighted by Crippen LogP contribution is -2.33. The molecule has 0 spiro atoms. The van der Waals surface area contributed by atoms with E-state index in [2.05, 4.69) is 5.32 Å². The SMILES string of the molecule is CNCCN(C)S(=O)(=O)c1cc(F)c(Cl)c(C(=O)O)c1. The summed E-state index contributed by atoms with van der Waals surface area (Å²) in [7, 11) is -0.998. The first-order valence-electron chi connectivity index (χ1n) is 5.55. The minimum absolute atomic E-state index is 0.158. The number of carboxylic acids is 1. The number of sulfonamides is 1. The highest BCUT2D eigenvalue weighted by molar-refractivity contribution is 7.89. The molecule has 0 fully saturated rings. The Labute approximate surface area is 121 Å². The number of hydrogen-bond donors (Lipinski definition) is 2. The van der Waals surface area contributed by atoms with Crippen LogP contribution in [0.25, 0.3) is 0 Å². The van der Waals surface area contributed by atoms with Crippen LogP contribution in [0.3, 0.4) is 0 Å². The fourth-order valence-electron chi connectivity index (χ4n) is 1.44. The van der Waals surface area contributed by atoms with E-state index in [0.717, 1.165) is 10.4 Å². The summed E-state index contributed by atoms with van der Waals surface area (Å²) in [6.07, 6.45) is 0. The van der Waals surface area contributed by atoms with Crippen molar-refractivity contribution in [3.05, 3.63) is 28.5 Å². The number of rotatable bonds is 6. The van der Waals surface area contributed by atoms with E-state index in [9.17, 15) is 17.6 Å². The van der Waals surface area contributed by atoms with Crippen LogP contribution in [0.2, 0.25) is 5.02 Å². The van der Waals surface area contributed by atoms with Crippen LogP contribution in [0.4, 0.5) is 4.39 Å². The Balaban J connectivity index is 3.29. The highest BCUT2D eigenvalue weighted by atomic mass is 35.5. The van der Waals surface area contributed by atoms with Gasteiger partial charge in [-0.3, -0.25) is 0 Å². The molecule has 0 unspecified atom stereocenters. The van der Waals surface area contributed by atoms with Crippen LogP contribution in [0, 0.1) is 5.82 Å². The average molecular weight is 325 g/mol. The molecule has 2 N–H and O–H groups in total. The molecule has 0 bridgehead atoms. The zero-order valence-corrected chi connectivity index (χ0v) is 12.4. The van der Waals surface area contributed by atoms with Gasteiger partial charge in [-0.15, -0.1) is 0 Å². The Bertz CT molecular complexity index is 621. The molecule has 1 rings (SSSR count). The number of nitrogens with one attached hydrogen (secondary N) is 1. The van der Waals surface area contributed by atoms with E-state index in [1.54, 1.807) is 7.05 Å². The summed E-state index contributed by atoms with van der Waals surface area (Å²) in [6.45, 7) is 0.559. The van der Waals surface area contributed by atoms with Gasteiger partial charge in [-0.25, -0.2) is 17.6 Å². The molecule has 1 aromatic carbocycles. The molecular formula is C11H14ClFN2O4S. The Hall–Kier alpha value is -1.22. The van der Waals surface area contributed by atoms with E-state index >= 15 is 0 Å². The molecule has 0 aliphatic carbocycles. The first-order valence-corrected chi connectivity index (χ1v) is 7.37. The summed E-state index contributed by atoms with van der Waals surface area (Å²) in [5.41, 5.74) is -0.591. The topological polar surface area (TPSA) is 86.7 Å². The number of carboxylic acid groups (broad SMARTS) is 1. The average Bonchev–Trinajstić information content (AvgIpc) is 2.38. The Morgan fingerprint density at radius 2 is 2.10 bits per heavy atom. The smallest absolute Gasteiger partial charge is 0.337 e. The molecule has 20 heavy (non-hydrogen) atoms. The molecule has 0 aliphatic rings. The largest absolute Gasteiger partial charge is 0.478 e. The third-order valence-corrected chi connectivity index (χ3v) is 4.84. The van der Waals surface area contributed by atoms with Gasteiger partial charge < -0.3 is 10.4 Å². The third kappa shape index (κ3) is 3.45. The second-order valence-corrected chi connectivity index (χ2v) is 6.42. The van der Waals surface area contributed by atoms with Gasteiger partial charge >= 0.3 is 5.97 Å². The Morgan fingerprint density at radius 1 is 1.50 bits per heavy atom. The second kappa shape index (κ2) is 6.49. The van der Waals surface area contributed by atoms with Crippen molar-refractivity contribution in [2.24, 2.45) is 0 Å². The van der Waals surface area contributed by atoms with Gasteiger partial charge in [0.25, 0.3) is 0 Å². The molecule has 0 aliphatic heterocycles. The number of likely N-dealkylation sites (N-methyl/N-ethyl adjacent to an activating group) is 2. The lowest BCUT2D eigenvalue weighted by atomic mass is 10.2. The lowest BCUT2D eigenvalue weighted by molar-refractivity contribution is 0.0696. The summed E-state index contributed by atoms with van der Waals surface area (Å²) in [5.74, 6) is -2.59. The molecule has 0 amide bonds. The minimum atomic E-state index is -3.98. The molecule has 1 aromatic rings. The number of nitrogens with zero attached hydrogens (tertiary/aromatic N) is 1. The van der Waals surface area contributed by atoms with Crippen molar-refractivity contribution < 1.29 is 22.7 Å². The second-order valence-electron chi connectivity index (χ2n) is 4.00. The summed E-state index contributed by atoms with van der Waals surface area (Å²) < 4.78 is 38.9. The molecule has 0 radical (unpaired) electrons. The number of halogens is 2. The predicted molar refractivity (Wildman–Crippen MR) is 72.1 cm³/mol. The molecule has 0 saturated carbocycles. The highest BCUT2D eigenvalue weighted by Gasteiger charge is 2.25. The summed E-state index contributed by atoms with van der Waals surface area (Å²) in [6, 6.07) is 1.55. The quantitative estimate of drug-likeness (QED) is 0.815. The minimum Gasteiger partial charge on any atom is -0.478 e. The van der Waals surface area contributed by atoms with Crippen LogP contribution in [0.5, 0.6) is 0 Å². The van der Waals surface area contributed by atoms with Crippen molar-refractivity contribution in [1.29, 1.82) is 0 Å². The molecule has 0 heterocycles. The van der Waals surface area contributed by atoms with Gasteiger partial charge in [0.15, 0.2) is 0 Å². The molecule has 9 heteroatoms. The summed E-state index contributed by atoms with van der Waals surface area (Å²) in [4.78, 5) is 10.5. The summed E-state index contributed by atoms with van der Waals surface area (Å²) >= 11 is 5.50. The first kappa shape index (κ1) is 16.8. The van der Waals surface area contributed by atoms with Gasteiger partial charge in [-0.2, -0.15) is 4.31 Å². The van der Waals surface area contributed by atoms with E-state index in [1.165, 1.54) is 7.05 Å². The standard InChI is InChI=1S/C11H14ClFN2O4S/c1-14-3-4-15(2)20(18,19)7-5-8(11(16)17)10(12)9(13)6-7/h5-6,14H,3-4H2,1-2H3,(H,16,17). The van der Waals surface area contributed by atoms with Crippen molar-refractivity contribution in [3.8, 4) is 0 Å². The number of aromatic carboxylic acids is 1. The van der Waals surface area contributed by atoms with Crippen molar-refractivity contribution >= 4 is 27.6 Å². The molecule has 0 atom stereocenters. The maximum Gasteiger partial charge on any atom is 0.337 e. The Morgan fingerprint density at radius 3 is 2.60 bits per heavy atom. The Kier molecular flexibility index (Phi) is 5.46. The van der Waals surface area contributed by atoms with Gasteiger partial charge in [0.2, 0.25) is 10.0 Å². The van der Waals surface area contributed by atoms with Gasteiger partial charge in [0, 0.05) is 20.1 Å². The van der Waals surface area contributed by atoms with Gasteiger partial charge in [-0.1, -0.05) is 11.6 Å². The molecule has 112 valence electrons. The lowest BCUT2D eigenvalue weighted by Gasteiger charge is -2.17. The number of carbonyl (C=O) groups is 1. The maximum atomic E-state index is 13.6. The van der Waals surface area contributed by atoms with Crippen molar-refractivity contribution in [1.82, 2.24) is 9.62 Å². The van der Waals surface area contributed by atoms with Crippen LogP contribution >= 0.6 is 11.6 Å². The fourth-order valence-corrected chi connectivity index (χ4v) is 2.84. The van der Waals surface area contributed by atoms with E-state index in [1.807, 2.05) is 0 Å². The fraction of sp³-hybridized carbons (Fsp3) is 0.364. The zero-order valence-electron chi connectivity index (χ0n) is 10.9. The predicted octanol–water partition coefficient (Wildman–Crippen LogP) is 1.02.